The van der Waals surface area contributed by atoms with Crippen LogP contribution >= 0.6 is 0 Å². The molecular formula is C13H19NO3S. The van der Waals surface area contributed by atoms with Crippen molar-refractivity contribution in [2.45, 2.75) is 25.4 Å². The largest absolute Gasteiger partial charge is 0.508 e. The Morgan fingerprint density at radius 2 is 2.17 bits per heavy atom. The minimum absolute atomic E-state index is 0.0762. The fourth-order valence-electron chi connectivity index (χ4n) is 2.43. The third-order valence-electron chi connectivity index (χ3n) is 3.75. The highest BCUT2D eigenvalue weighted by Crippen LogP contribution is 2.27. The van der Waals surface area contributed by atoms with Gasteiger partial charge in [0, 0.05) is 12.1 Å². The Labute approximate surface area is 108 Å². The lowest BCUT2D eigenvalue weighted by atomic mass is 10.0. The highest BCUT2D eigenvalue weighted by atomic mass is 32.2. The Balaban J connectivity index is 2.12. The van der Waals surface area contributed by atoms with Gasteiger partial charge in [-0.3, -0.25) is 4.90 Å². The van der Waals surface area contributed by atoms with Gasteiger partial charge in [0.1, 0.15) is 5.75 Å². The van der Waals surface area contributed by atoms with Crippen LogP contribution in [0.5, 0.6) is 5.75 Å². The van der Waals surface area contributed by atoms with Crippen LogP contribution < -0.4 is 0 Å². The molecule has 0 spiro atoms. The van der Waals surface area contributed by atoms with Crippen molar-refractivity contribution in [2.75, 3.05) is 18.6 Å². The van der Waals surface area contributed by atoms with Crippen molar-refractivity contribution in [1.29, 1.82) is 0 Å². The van der Waals surface area contributed by atoms with Gasteiger partial charge in [-0.15, -0.1) is 0 Å². The lowest BCUT2D eigenvalue weighted by molar-refractivity contribution is 0.201. The fourth-order valence-corrected chi connectivity index (χ4v) is 4.22. The van der Waals surface area contributed by atoms with E-state index >= 15 is 0 Å². The lowest BCUT2D eigenvalue weighted by Gasteiger charge is -2.30. The number of benzene rings is 1. The predicted octanol–water partition coefficient (Wildman–Crippen LogP) is 1.57. The lowest BCUT2D eigenvalue weighted by Crippen LogP contribution is -2.34. The number of nitrogens with zero attached hydrogens (tertiary/aromatic N) is 1. The average Bonchev–Trinajstić information content (AvgIpc) is 2.68. The summed E-state index contributed by atoms with van der Waals surface area (Å²) in [5.74, 6) is 0.772. The summed E-state index contributed by atoms with van der Waals surface area (Å²) in [7, 11) is -0.911. The topological polar surface area (TPSA) is 57.6 Å². The fraction of sp³-hybridized carbons (Fsp3) is 0.538. The van der Waals surface area contributed by atoms with E-state index in [0.717, 1.165) is 5.56 Å². The average molecular weight is 269 g/mol. The molecule has 2 atom stereocenters. The molecule has 1 aromatic rings. The molecular weight excluding hydrogens is 250 g/mol. The van der Waals surface area contributed by atoms with Gasteiger partial charge in [-0.1, -0.05) is 12.1 Å². The van der Waals surface area contributed by atoms with Crippen molar-refractivity contribution < 1.29 is 13.5 Å². The van der Waals surface area contributed by atoms with Crippen LogP contribution in [0.2, 0.25) is 0 Å². The maximum absolute atomic E-state index is 11.5. The van der Waals surface area contributed by atoms with E-state index in [1.165, 1.54) is 0 Å². The Morgan fingerprint density at radius 1 is 1.44 bits per heavy atom. The molecule has 0 aromatic heterocycles. The summed E-state index contributed by atoms with van der Waals surface area (Å²) in [5, 5.41) is 9.48. The van der Waals surface area contributed by atoms with Gasteiger partial charge in [-0.25, -0.2) is 8.42 Å². The monoisotopic (exact) mass is 269 g/mol. The molecule has 5 heteroatoms. The highest BCUT2D eigenvalue weighted by Gasteiger charge is 2.32. The molecule has 0 bridgehead atoms. The van der Waals surface area contributed by atoms with Crippen molar-refractivity contribution >= 4 is 9.84 Å². The Bertz CT molecular complexity index is 527. The minimum Gasteiger partial charge on any atom is -0.508 e. The molecule has 0 saturated carbocycles. The zero-order valence-electron chi connectivity index (χ0n) is 10.7. The van der Waals surface area contributed by atoms with Gasteiger partial charge in [0.25, 0.3) is 0 Å². The second-order valence-electron chi connectivity index (χ2n) is 4.99. The van der Waals surface area contributed by atoms with Gasteiger partial charge in [-0.05, 0) is 38.1 Å². The summed E-state index contributed by atoms with van der Waals surface area (Å²) >= 11 is 0. The van der Waals surface area contributed by atoms with Crippen molar-refractivity contribution in [2.24, 2.45) is 0 Å². The predicted molar refractivity (Wildman–Crippen MR) is 71.3 cm³/mol. The molecule has 1 aromatic carbocycles. The molecule has 1 heterocycles. The third kappa shape index (κ3) is 2.84. The second-order valence-corrected chi connectivity index (χ2v) is 7.22. The Morgan fingerprint density at radius 3 is 2.72 bits per heavy atom. The number of rotatable bonds is 3. The first-order valence-corrected chi connectivity index (χ1v) is 7.92. The molecule has 2 rings (SSSR count). The Kier molecular flexibility index (Phi) is 3.64. The number of aromatic hydroxyl groups is 1. The quantitative estimate of drug-likeness (QED) is 0.905. The van der Waals surface area contributed by atoms with Gasteiger partial charge in [0.2, 0.25) is 0 Å². The van der Waals surface area contributed by atoms with E-state index in [1.54, 1.807) is 18.2 Å². The molecule has 0 aliphatic carbocycles. The summed E-state index contributed by atoms with van der Waals surface area (Å²) in [6.07, 6.45) is 0.696. The molecule has 4 nitrogen and oxygen atoms in total. The van der Waals surface area contributed by atoms with E-state index in [4.69, 9.17) is 0 Å². The first-order valence-electron chi connectivity index (χ1n) is 6.10. The van der Waals surface area contributed by atoms with Gasteiger partial charge in [0.05, 0.1) is 11.5 Å². The molecule has 0 radical (unpaired) electrons. The van der Waals surface area contributed by atoms with Crippen LogP contribution in [0.1, 0.15) is 24.9 Å². The van der Waals surface area contributed by atoms with Gasteiger partial charge < -0.3 is 5.11 Å². The second kappa shape index (κ2) is 4.90. The number of sulfone groups is 1. The van der Waals surface area contributed by atoms with E-state index in [0.29, 0.717) is 6.42 Å². The third-order valence-corrected chi connectivity index (χ3v) is 5.50. The van der Waals surface area contributed by atoms with E-state index < -0.39 is 9.84 Å². The summed E-state index contributed by atoms with van der Waals surface area (Å²) in [6.45, 7) is 2.03. The van der Waals surface area contributed by atoms with Gasteiger partial charge in [0.15, 0.2) is 9.84 Å². The zero-order valence-corrected chi connectivity index (χ0v) is 11.5. The molecule has 18 heavy (non-hydrogen) atoms. The first kappa shape index (κ1) is 13.4. The van der Waals surface area contributed by atoms with Crippen molar-refractivity contribution in [1.82, 2.24) is 4.90 Å². The molecule has 1 saturated heterocycles. The maximum atomic E-state index is 11.5. The normalized spacial score (nSPS) is 24.3. The van der Waals surface area contributed by atoms with Crippen molar-refractivity contribution in [3.8, 4) is 5.75 Å². The number of phenolic OH excluding ortho intramolecular Hbond substituents is 1. The summed E-state index contributed by atoms with van der Waals surface area (Å²) in [4.78, 5) is 2.08. The number of hydrogen-bond donors (Lipinski definition) is 1. The number of hydrogen-bond acceptors (Lipinski definition) is 4. The van der Waals surface area contributed by atoms with E-state index in [9.17, 15) is 13.5 Å². The molecule has 0 amide bonds. The molecule has 1 fully saturated rings. The van der Waals surface area contributed by atoms with Crippen molar-refractivity contribution in [3.63, 3.8) is 0 Å². The maximum Gasteiger partial charge on any atom is 0.151 e. The van der Waals surface area contributed by atoms with Gasteiger partial charge in [-0.2, -0.15) is 0 Å². The SMILES string of the molecule is CC(c1cccc(O)c1)N(C)C1CCS(=O)(=O)C1. The Hall–Kier alpha value is -1.07. The molecule has 100 valence electrons. The van der Waals surface area contributed by atoms with Crippen LogP contribution in [0.25, 0.3) is 0 Å². The van der Waals surface area contributed by atoms with Crippen LogP contribution in [0.15, 0.2) is 24.3 Å². The van der Waals surface area contributed by atoms with Crippen molar-refractivity contribution in [3.05, 3.63) is 29.8 Å². The van der Waals surface area contributed by atoms with Crippen LogP contribution in [0, 0.1) is 0 Å². The summed E-state index contributed by atoms with van der Waals surface area (Å²) in [6, 6.07) is 7.29. The molecule has 2 unspecified atom stereocenters. The van der Waals surface area contributed by atoms with Crippen LogP contribution in [-0.2, 0) is 9.84 Å². The molecule has 1 aliphatic heterocycles. The van der Waals surface area contributed by atoms with Crippen LogP contribution in [0.3, 0.4) is 0 Å². The molecule has 1 N–H and O–H groups in total. The van der Waals surface area contributed by atoms with E-state index in [2.05, 4.69) is 4.90 Å². The van der Waals surface area contributed by atoms with E-state index in [1.807, 2.05) is 20.0 Å². The smallest absolute Gasteiger partial charge is 0.151 e. The van der Waals surface area contributed by atoms with Crippen LogP contribution in [0.4, 0.5) is 0 Å². The minimum atomic E-state index is -2.86. The first-order chi connectivity index (χ1) is 8.39. The summed E-state index contributed by atoms with van der Waals surface area (Å²) < 4.78 is 23.0. The highest BCUT2D eigenvalue weighted by molar-refractivity contribution is 7.91. The van der Waals surface area contributed by atoms with E-state index in [-0.39, 0.29) is 29.3 Å². The molecule has 1 aliphatic rings. The van der Waals surface area contributed by atoms with Crippen LogP contribution in [-0.4, -0.2) is 43.0 Å². The standard InChI is InChI=1S/C13H19NO3S/c1-10(11-4-3-5-13(15)8-11)14(2)12-6-7-18(16,17)9-12/h3-5,8,10,12,15H,6-7,9H2,1-2H3. The van der Waals surface area contributed by atoms with Gasteiger partial charge >= 0.3 is 0 Å². The number of phenols is 1. The zero-order chi connectivity index (χ0) is 13.3. The summed E-state index contributed by atoms with van der Waals surface area (Å²) in [5.41, 5.74) is 1.00.